The van der Waals surface area contributed by atoms with E-state index in [1.54, 1.807) is 37.6 Å². The van der Waals surface area contributed by atoms with Gasteiger partial charge in [0.15, 0.2) is 11.4 Å². The Labute approximate surface area is 267 Å². The summed E-state index contributed by atoms with van der Waals surface area (Å²) < 4.78 is 71.8. The van der Waals surface area contributed by atoms with Gasteiger partial charge in [0, 0.05) is 22.3 Å². The Morgan fingerprint density at radius 3 is 1.74 bits per heavy atom. The lowest BCUT2D eigenvalue weighted by atomic mass is 10.1. The third-order valence-electron chi connectivity index (χ3n) is 6.38. The first-order chi connectivity index (χ1) is 21.6. The minimum absolute atomic E-state index is 0.00850. The molecule has 5 aromatic rings. The monoisotopic (exact) mass is 666 g/mol. The first kappa shape index (κ1) is 35.4. The highest BCUT2D eigenvalue weighted by atomic mass is 32.2. The highest BCUT2D eigenvalue weighted by Gasteiger charge is 2.16. The van der Waals surface area contributed by atoms with Crippen LogP contribution in [0.1, 0.15) is 16.7 Å². The van der Waals surface area contributed by atoms with E-state index in [-0.39, 0.29) is 15.8 Å². The summed E-state index contributed by atoms with van der Waals surface area (Å²) in [7, 11) is -4.84. The zero-order valence-corrected chi connectivity index (χ0v) is 27.1. The molecule has 5 N–H and O–H groups in total. The van der Waals surface area contributed by atoms with Gasteiger partial charge in [-0.15, -0.1) is 5.10 Å². The van der Waals surface area contributed by atoms with Crippen molar-refractivity contribution in [2.24, 2.45) is 23.6 Å². The maximum Gasteiger partial charge on any atom is 0.286 e. The molecule has 0 saturated heterocycles. The van der Waals surface area contributed by atoms with E-state index in [1.165, 1.54) is 24.3 Å². The van der Waals surface area contributed by atoms with Crippen LogP contribution in [0.15, 0.2) is 112 Å². The lowest BCUT2D eigenvalue weighted by Gasteiger charge is -2.05. The van der Waals surface area contributed by atoms with Gasteiger partial charge >= 0.3 is 0 Å². The van der Waals surface area contributed by atoms with Gasteiger partial charge in [0.2, 0.25) is 6.21 Å². The van der Waals surface area contributed by atoms with Gasteiger partial charge in [-0.25, -0.2) is 21.4 Å². The Kier molecular flexibility index (Phi) is 11.7. The van der Waals surface area contributed by atoms with Crippen LogP contribution in [-0.2, 0) is 27.3 Å². The van der Waals surface area contributed by atoms with Gasteiger partial charge < -0.3 is 25.3 Å². The predicted octanol–water partition coefficient (Wildman–Crippen LogP) is 0.926. The summed E-state index contributed by atoms with van der Waals surface area (Å²) in [6.45, 7) is 3.64. The quantitative estimate of drug-likeness (QED) is 0.0772. The Balaban J connectivity index is 0.000000217. The van der Waals surface area contributed by atoms with Crippen LogP contribution < -0.4 is 25.7 Å². The SMILES string of the molecule is COc1ccc2n(C)c(-c3ccc(/C=[NH+]/N=C(N)N)cc3)c[n+]2c1.Cc1ccc(S(=O)(=O)[O-])cc1.Cc1ccc(S(=O)(=O)[O-])cc1. The van der Waals surface area contributed by atoms with Crippen molar-refractivity contribution in [1.82, 2.24) is 4.57 Å². The molecule has 5 rings (SSSR count). The summed E-state index contributed by atoms with van der Waals surface area (Å²) in [5, 5.41) is 6.40. The summed E-state index contributed by atoms with van der Waals surface area (Å²) in [6.07, 6.45) is 5.76. The van der Waals surface area contributed by atoms with Crippen molar-refractivity contribution < 1.29 is 40.2 Å². The van der Waals surface area contributed by atoms with Crippen LogP contribution in [0.3, 0.4) is 0 Å². The average molecular weight is 667 g/mol. The fourth-order valence-corrected chi connectivity index (χ4v) is 4.89. The topological polar surface area (TPSA) is 211 Å². The number of guanidine groups is 1. The van der Waals surface area contributed by atoms with Crippen molar-refractivity contribution in [3.63, 3.8) is 0 Å². The van der Waals surface area contributed by atoms with Crippen LogP contribution in [0, 0.1) is 13.8 Å². The second-order valence-electron chi connectivity index (χ2n) is 9.87. The van der Waals surface area contributed by atoms with E-state index in [4.69, 9.17) is 16.2 Å². The number of nitrogens with zero attached hydrogens (tertiary/aromatic N) is 3. The van der Waals surface area contributed by atoms with Crippen LogP contribution in [0.25, 0.3) is 16.9 Å². The molecule has 0 saturated carbocycles. The zero-order chi connectivity index (χ0) is 34.1. The number of hydrazone groups is 1. The predicted molar refractivity (Wildman–Crippen MR) is 171 cm³/mol. The van der Waals surface area contributed by atoms with Crippen LogP contribution >= 0.6 is 0 Å². The highest BCUT2D eigenvalue weighted by Crippen LogP contribution is 2.21. The Hall–Kier alpha value is -5.09. The maximum absolute atomic E-state index is 10.4. The smallest absolute Gasteiger partial charge is 0.286 e. The summed E-state index contributed by atoms with van der Waals surface area (Å²) in [4.78, 5) is -0.355. The van der Waals surface area contributed by atoms with E-state index in [0.717, 1.165) is 39.3 Å². The van der Waals surface area contributed by atoms with Crippen LogP contribution in [-0.4, -0.2) is 49.8 Å². The molecule has 0 aliphatic carbocycles. The molecule has 0 spiro atoms. The first-order valence-electron chi connectivity index (χ1n) is 13.5. The molecule has 0 atom stereocenters. The van der Waals surface area contributed by atoms with E-state index >= 15 is 0 Å². The van der Waals surface area contributed by atoms with Gasteiger partial charge in [0.05, 0.1) is 23.9 Å². The number of nitrogens with one attached hydrogen (secondary N) is 1. The molecule has 15 heteroatoms. The van der Waals surface area contributed by atoms with Crippen LogP contribution in [0.4, 0.5) is 0 Å². The molecule has 0 aliphatic heterocycles. The Bertz CT molecular complexity index is 1980. The fraction of sp³-hybridized carbons (Fsp3) is 0.129. The van der Waals surface area contributed by atoms with Crippen molar-refractivity contribution in [2.45, 2.75) is 23.6 Å². The average Bonchev–Trinajstić information content (AvgIpc) is 3.33. The number of ether oxygens (including phenoxy) is 1. The van der Waals surface area contributed by atoms with E-state index in [2.05, 4.69) is 37.5 Å². The lowest BCUT2D eigenvalue weighted by Crippen LogP contribution is -2.63. The van der Waals surface area contributed by atoms with Gasteiger partial charge in [-0.3, -0.25) is 0 Å². The molecule has 3 aromatic carbocycles. The van der Waals surface area contributed by atoms with Crippen molar-refractivity contribution >= 4 is 38.1 Å². The molecule has 0 unspecified atom stereocenters. The Morgan fingerprint density at radius 1 is 0.804 bits per heavy atom. The van der Waals surface area contributed by atoms with Gasteiger partial charge in [-0.1, -0.05) is 35.4 Å². The number of methoxy groups -OCH3 is 1. The number of pyridine rings is 1. The molecule has 0 aliphatic rings. The molecular formula is C31H34N6O7S2. The maximum atomic E-state index is 10.4. The van der Waals surface area contributed by atoms with E-state index < -0.39 is 20.2 Å². The van der Waals surface area contributed by atoms with E-state index in [1.807, 2.05) is 51.4 Å². The number of aryl methyl sites for hydroxylation is 3. The Morgan fingerprint density at radius 2 is 1.30 bits per heavy atom. The first-order valence-corrected chi connectivity index (χ1v) is 16.3. The molecule has 13 nitrogen and oxygen atoms in total. The third kappa shape index (κ3) is 10.2. The number of rotatable bonds is 6. The standard InChI is InChI=1S/C17H19N6O.2C7H8O3S/c1-22-15(11-23-10-14(24-2)7-8-16(22)23)13-5-3-12(4-6-13)9-20-21-17(18)19;2*1-6-2-4-7(5-3-6)11(8,9)10/h3-11H,1-2H3,(H4,18,19,21);2*2-5H,1H3,(H,8,9,10)/q+1;;/p-1/b20-9+;;. The van der Waals surface area contributed by atoms with Gasteiger partial charge in [0.1, 0.15) is 32.6 Å². The number of benzene rings is 3. The summed E-state index contributed by atoms with van der Waals surface area (Å²) in [5.41, 5.74) is 16.6. The number of fused-ring (bicyclic) bond motifs is 1. The molecule has 2 aromatic heterocycles. The zero-order valence-electron chi connectivity index (χ0n) is 25.5. The van der Waals surface area contributed by atoms with Crippen LogP contribution in [0.5, 0.6) is 5.75 Å². The van der Waals surface area contributed by atoms with Crippen LogP contribution in [0.2, 0.25) is 0 Å². The number of nitrogens with two attached hydrogens (primary N) is 2. The number of hydrogen-bond acceptors (Lipinski definition) is 8. The van der Waals surface area contributed by atoms with Gasteiger partial charge in [0.25, 0.3) is 11.6 Å². The molecule has 242 valence electrons. The highest BCUT2D eigenvalue weighted by molar-refractivity contribution is 7.86. The van der Waals surface area contributed by atoms with Gasteiger partial charge in [-0.2, -0.15) is 4.40 Å². The largest absolute Gasteiger partial charge is 0.744 e. The summed E-state index contributed by atoms with van der Waals surface area (Å²) in [6, 6.07) is 23.6. The second-order valence-corrected chi connectivity index (χ2v) is 12.6. The molecule has 0 fully saturated rings. The van der Waals surface area contributed by atoms with Crippen molar-refractivity contribution in [3.8, 4) is 17.0 Å². The molecule has 0 bridgehead atoms. The molecule has 0 amide bonds. The second kappa shape index (κ2) is 15.3. The molecule has 46 heavy (non-hydrogen) atoms. The summed E-state index contributed by atoms with van der Waals surface area (Å²) >= 11 is 0. The number of hydrogen-bond donors (Lipinski definition) is 3. The van der Waals surface area contributed by atoms with E-state index in [9.17, 15) is 25.9 Å². The third-order valence-corrected chi connectivity index (χ3v) is 8.08. The molecule has 0 radical (unpaired) electrons. The number of aromatic nitrogens is 2. The minimum atomic E-state index is -4.27. The van der Waals surface area contributed by atoms with E-state index in [0.29, 0.717) is 0 Å². The minimum Gasteiger partial charge on any atom is -0.744 e. The van der Waals surface area contributed by atoms with Crippen molar-refractivity contribution in [1.29, 1.82) is 0 Å². The molecule has 2 heterocycles. The summed E-state index contributed by atoms with van der Waals surface area (Å²) in [5.74, 6) is 0.811. The van der Waals surface area contributed by atoms with Crippen molar-refractivity contribution in [3.05, 3.63) is 114 Å². The van der Waals surface area contributed by atoms with Crippen molar-refractivity contribution in [2.75, 3.05) is 7.11 Å². The number of imidazole rings is 1. The normalized spacial score (nSPS) is 11.3. The van der Waals surface area contributed by atoms with Gasteiger partial charge in [-0.05, 0) is 68.4 Å². The lowest BCUT2D eigenvalue weighted by molar-refractivity contribution is -0.510. The molecular weight excluding hydrogens is 633 g/mol. The fourth-order valence-electron chi connectivity index (χ4n) is 3.95.